The lowest BCUT2D eigenvalue weighted by Crippen LogP contribution is -2.42. The van der Waals surface area contributed by atoms with Gasteiger partial charge in [-0.3, -0.25) is 0 Å². The smallest absolute Gasteiger partial charge is 0.146 e. The molecular formula is C16H25FN2O. The number of halogens is 1. The normalized spacial score (nSPS) is 19.4. The number of hydrogen-bond donors (Lipinski definition) is 1. The summed E-state index contributed by atoms with van der Waals surface area (Å²) in [6.07, 6.45) is 2.28. The van der Waals surface area contributed by atoms with Crippen LogP contribution in [0.3, 0.4) is 0 Å². The third-order valence-electron chi connectivity index (χ3n) is 3.70. The highest BCUT2D eigenvalue weighted by atomic mass is 19.1. The third kappa shape index (κ3) is 3.93. The molecule has 4 heteroatoms. The van der Waals surface area contributed by atoms with Gasteiger partial charge in [0.15, 0.2) is 0 Å². The number of nitrogens with zero attached hydrogens (tertiary/aromatic N) is 1. The highest BCUT2D eigenvalue weighted by Gasteiger charge is 2.21. The van der Waals surface area contributed by atoms with Crippen molar-refractivity contribution in [2.75, 3.05) is 31.1 Å². The highest BCUT2D eigenvalue weighted by Crippen LogP contribution is 2.23. The first-order valence-corrected chi connectivity index (χ1v) is 7.60. The van der Waals surface area contributed by atoms with Gasteiger partial charge in [0.05, 0.1) is 18.4 Å². The van der Waals surface area contributed by atoms with Crippen LogP contribution in [-0.4, -0.2) is 32.3 Å². The summed E-state index contributed by atoms with van der Waals surface area (Å²) in [4.78, 5) is 2.09. The molecule has 1 fully saturated rings. The summed E-state index contributed by atoms with van der Waals surface area (Å²) in [5, 5.41) is 3.29. The fourth-order valence-electron chi connectivity index (χ4n) is 2.51. The van der Waals surface area contributed by atoms with E-state index in [0.717, 1.165) is 44.6 Å². The first-order valence-electron chi connectivity index (χ1n) is 7.60. The molecule has 1 aliphatic rings. The summed E-state index contributed by atoms with van der Waals surface area (Å²) in [6, 6.07) is 5.56. The van der Waals surface area contributed by atoms with E-state index in [2.05, 4.69) is 24.1 Å². The van der Waals surface area contributed by atoms with Crippen molar-refractivity contribution in [2.45, 2.75) is 39.3 Å². The summed E-state index contributed by atoms with van der Waals surface area (Å²) in [5.74, 6) is -0.127. The van der Waals surface area contributed by atoms with Crippen LogP contribution in [0.1, 0.15) is 32.3 Å². The molecule has 1 N–H and O–H groups in total. The van der Waals surface area contributed by atoms with Crippen LogP contribution in [0.15, 0.2) is 18.2 Å². The van der Waals surface area contributed by atoms with Gasteiger partial charge in [-0.15, -0.1) is 0 Å². The quantitative estimate of drug-likeness (QED) is 0.811. The van der Waals surface area contributed by atoms with Gasteiger partial charge in [-0.25, -0.2) is 4.39 Å². The minimum atomic E-state index is -0.127. The minimum Gasteiger partial charge on any atom is -0.375 e. The Bertz CT molecular complexity index is 425. The summed E-state index contributed by atoms with van der Waals surface area (Å²) >= 11 is 0. The van der Waals surface area contributed by atoms with Crippen molar-refractivity contribution in [1.29, 1.82) is 0 Å². The van der Waals surface area contributed by atoms with Crippen molar-refractivity contribution < 1.29 is 9.13 Å². The van der Waals surface area contributed by atoms with Gasteiger partial charge in [0, 0.05) is 19.6 Å². The highest BCUT2D eigenvalue weighted by molar-refractivity contribution is 5.49. The second kappa shape index (κ2) is 7.60. The summed E-state index contributed by atoms with van der Waals surface area (Å²) in [6.45, 7) is 8.14. The molecule has 1 unspecified atom stereocenters. The van der Waals surface area contributed by atoms with Gasteiger partial charge in [-0.2, -0.15) is 0 Å². The van der Waals surface area contributed by atoms with Crippen molar-refractivity contribution in [3.63, 3.8) is 0 Å². The van der Waals surface area contributed by atoms with Gasteiger partial charge >= 0.3 is 0 Å². The minimum absolute atomic E-state index is 0.127. The molecule has 112 valence electrons. The molecule has 1 aromatic carbocycles. The Hall–Kier alpha value is -1.13. The number of morpholine rings is 1. The maximum atomic E-state index is 14.3. The first kappa shape index (κ1) is 15.3. The zero-order valence-electron chi connectivity index (χ0n) is 12.5. The number of ether oxygens (including phenoxy) is 1. The zero-order valence-corrected chi connectivity index (χ0v) is 12.5. The lowest BCUT2D eigenvalue weighted by atomic mass is 10.1. The van der Waals surface area contributed by atoms with Crippen LogP contribution in [0.2, 0.25) is 0 Å². The van der Waals surface area contributed by atoms with Crippen LogP contribution < -0.4 is 10.2 Å². The maximum absolute atomic E-state index is 14.3. The fourth-order valence-corrected chi connectivity index (χ4v) is 2.51. The molecule has 20 heavy (non-hydrogen) atoms. The SMILES string of the molecule is CCCNCc1ccc(N2CCOC(CC)C2)c(F)c1. The second-order valence-electron chi connectivity index (χ2n) is 5.31. The third-order valence-corrected chi connectivity index (χ3v) is 3.70. The van der Waals surface area contributed by atoms with Gasteiger partial charge in [0.1, 0.15) is 5.82 Å². The van der Waals surface area contributed by atoms with Crippen LogP contribution in [0.25, 0.3) is 0 Å². The Morgan fingerprint density at radius 3 is 2.95 bits per heavy atom. The van der Waals surface area contributed by atoms with E-state index >= 15 is 0 Å². The number of nitrogens with one attached hydrogen (secondary N) is 1. The molecule has 0 bridgehead atoms. The summed E-state index contributed by atoms with van der Waals surface area (Å²) < 4.78 is 19.9. The van der Waals surface area contributed by atoms with Crippen molar-refractivity contribution >= 4 is 5.69 Å². The van der Waals surface area contributed by atoms with E-state index in [1.807, 2.05) is 12.1 Å². The topological polar surface area (TPSA) is 24.5 Å². The van der Waals surface area contributed by atoms with E-state index in [-0.39, 0.29) is 11.9 Å². The first-order chi connectivity index (χ1) is 9.74. The number of benzene rings is 1. The molecule has 1 aromatic rings. The molecule has 1 heterocycles. The average molecular weight is 280 g/mol. The largest absolute Gasteiger partial charge is 0.375 e. The zero-order chi connectivity index (χ0) is 14.4. The standard InChI is InChI=1S/C16H25FN2O/c1-3-7-18-11-13-5-6-16(15(17)10-13)19-8-9-20-14(4-2)12-19/h5-6,10,14,18H,3-4,7-9,11-12H2,1-2H3. The maximum Gasteiger partial charge on any atom is 0.146 e. The molecule has 0 spiro atoms. The van der Waals surface area contributed by atoms with E-state index in [1.54, 1.807) is 6.07 Å². The molecule has 0 amide bonds. The molecule has 2 rings (SSSR count). The van der Waals surface area contributed by atoms with Crippen LogP contribution in [0, 0.1) is 5.82 Å². The molecule has 3 nitrogen and oxygen atoms in total. The van der Waals surface area contributed by atoms with E-state index < -0.39 is 0 Å². The molecule has 1 aliphatic heterocycles. The van der Waals surface area contributed by atoms with Crippen LogP contribution in [-0.2, 0) is 11.3 Å². The molecule has 1 atom stereocenters. The van der Waals surface area contributed by atoms with Crippen molar-refractivity contribution in [3.05, 3.63) is 29.6 Å². The molecule has 0 saturated carbocycles. The lowest BCUT2D eigenvalue weighted by Gasteiger charge is -2.34. The fraction of sp³-hybridized carbons (Fsp3) is 0.625. The monoisotopic (exact) mass is 280 g/mol. The second-order valence-corrected chi connectivity index (χ2v) is 5.31. The Morgan fingerprint density at radius 2 is 2.25 bits per heavy atom. The van der Waals surface area contributed by atoms with Crippen LogP contribution in [0.5, 0.6) is 0 Å². The van der Waals surface area contributed by atoms with Gasteiger partial charge in [0.2, 0.25) is 0 Å². The van der Waals surface area contributed by atoms with Crippen LogP contribution in [0.4, 0.5) is 10.1 Å². The van der Waals surface area contributed by atoms with Crippen molar-refractivity contribution in [3.8, 4) is 0 Å². The molecule has 1 saturated heterocycles. The Balaban J connectivity index is 2.01. The predicted octanol–water partition coefficient (Wildman–Crippen LogP) is 2.94. The van der Waals surface area contributed by atoms with Gasteiger partial charge in [-0.05, 0) is 37.1 Å². The molecule has 0 aromatic heterocycles. The van der Waals surface area contributed by atoms with Crippen LogP contribution >= 0.6 is 0 Å². The number of hydrogen-bond acceptors (Lipinski definition) is 3. The average Bonchev–Trinajstić information content (AvgIpc) is 2.48. The summed E-state index contributed by atoms with van der Waals surface area (Å²) in [7, 11) is 0. The van der Waals surface area contributed by atoms with E-state index in [0.29, 0.717) is 12.3 Å². The van der Waals surface area contributed by atoms with Crippen molar-refractivity contribution in [2.24, 2.45) is 0 Å². The predicted molar refractivity (Wildman–Crippen MR) is 80.6 cm³/mol. The number of anilines is 1. The summed E-state index contributed by atoms with van der Waals surface area (Å²) in [5.41, 5.74) is 1.70. The van der Waals surface area contributed by atoms with Gasteiger partial charge in [0.25, 0.3) is 0 Å². The molecule has 0 aliphatic carbocycles. The Labute approximate surface area is 121 Å². The Kier molecular flexibility index (Phi) is 5.80. The van der Waals surface area contributed by atoms with E-state index in [1.165, 1.54) is 0 Å². The number of rotatable bonds is 6. The van der Waals surface area contributed by atoms with E-state index in [9.17, 15) is 4.39 Å². The van der Waals surface area contributed by atoms with E-state index in [4.69, 9.17) is 4.74 Å². The Morgan fingerprint density at radius 1 is 1.40 bits per heavy atom. The molecular weight excluding hydrogens is 255 g/mol. The van der Waals surface area contributed by atoms with Gasteiger partial charge in [-0.1, -0.05) is 19.9 Å². The molecule has 0 radical (unpaired) electrons. The van der Waals surface area contributed by atoms with Gasteiger partial charge < -0.3 is 15.0 Å². The van der Waals surface area contributed by atoms with Crippen molar-refractivity contribution in [1.82, 2.24) is 5.32 Å². The lowest BCUT2D eigenvalue weighted by molar-refractivity contribution is 0.0382.